The predicted molar refractivity (Wildman–Crippen MR) is 68.8 cm³/mol. The Morgan fingerprint density at radius 2 is 2.29 bits per heavy atom. The molecule has 3 unspecified atom stereocenters. The van der Waals surface area contributed by atoms with E-state index in [9.17, 15) is 0 Å². The van der Waals surface area contributed by atoms with Gasteiger partial charge >= 0.3 is 0 Å². The molecule has 1 aliphatic heterocycles. The van der Waals surface area contributed by atoms with Gasteiger partial charge in [0.2, 0.25) is 0 Å². The van der Waals surface area contributed by atoms with Crippen LogP contribution in [0.4, 0.5) is 0 Å². The lowest BCUT2D eigenvalue weighted by atomic mass is 10.1. The van der Waals surface area contributed by atoms with Gasteiger partial charge in [-0.25, -0.2) is 0 Å². The first-order chi connectivity index (χ1) is 8.21. The zero-order valence-electron chi connectivity index (χ0n) is 11.3. The van der Waals surface area contributed by atoms with E-state index in [0.29, 0.717) is 6.04 Å². The van der Waals surface area contributed by atoms with Crippen LogP contribution in [-0.4, -0.2) is 49.3 Å². The predicted octanol–water partition coefficient (Wildman–Crippen LogP) is 1.38. The normalized spacial score (nSPS) is 27.6. The van der Waals surface area contributed by atoms with Gasteiger partial charge in [-0.05, 0) is 26.3 Å². The van der Waals surface area contributed by atoms with Crippen molar-refractivity contribution in [1.29, 1.82) is 5.26 Å². The molecule has 1 heterocycles. The first-order valence-electron chi connectivity index (χ1n) is 6.69. The van der Waals surface area contributed by atoms with Gasteiger partial charge in [0, 0.05) is 19.1 Å². The molecule has 3 atom stereocenters. The van der Waals surface area contributed by atoms with E-state index in [-0.39, 0.29) is 12.1 Å². The minimum atomic E-state index is -0.0608. The molecule has 0 bridgehead atoms. The smallest absolute Gasteiger partial charge is 0.108 e. The largest absolute Gasteiger partial charge is 0.376 e. The lowest BCUT2D eigenvalue weighted by Crippen LogP contribution is -2.52. The van der Waals surface area contributed by atoms with Crippen molar-refractivity contribution in [2.75, 3.05) is 26.2 Å². The monoisotopic (exact) mass is 239 g/mol. The van der Waals surface area contributed by atoms with Crippen LogP contribution in [0.3, 0.4) is 0 Å². The van der Waals surface area contributed by atoms with Gasteiger partial charge in [0.1, 0.15) is 6.04 Å². The van der Waals surface area contributed by atoms with E-state index in [1.165, 1.54) is 0 Å². The van der Waals surface area contributed by atoms with Crippen molar-refractivity contribution in [2.45, 2.75) is 51.8 Å². The van der Waals surface area contributed by atoms with E-state index in [0.717, 1.165) is 39.1 Å². The third-order valence-electron chi connectivity index (χ3n) is 3.27. The summed E-state index contributed by atoms with van der Waals surface area (Å²) in [5.74, 6) is 0. The Hall–Kier alpha value is -0.630. The molecule has 0 saturated carbocycles. The van der Waals surface area contributed by atoms with E-state index < -0.39 is 0 Å². The minimum Gasteiger partial charge on any atom is -0.376 e. The third-order valence-corrected chi connectivity index (χ3v) is 3.27. The summed E-state index contributed by atoms with van der Waals surface area (Å²) in [6.07, 6.45) is 2.43. The summed E-state index contributed by atoms with van der Waals surface area (Å²) in [4.78, 5) is 2.39. The van der Waals surface area contributed by atoms with Crippen molar-refractivity contribution in [2.24, 2.45) is 0 Å². The second kappa shape index (κ2) is 7.65. The van der Waals surface area contributed by atoms with Crippen molar-refractivity contribution in [3.63, 3.8) is 0 Å². The second-order valence-electron chi connectivity index (χ2n) is 4.80. The molecule has 98 valence electrons. The average Bonchev–Trinajstić information content (AvgIpc) is 2.34. The van der Waals surface area contributed by atoms with E-state index in [2.05, 4.69) is 37.1 Å². The summed E-state index contributed by atoms with van der Waals surface area (Å²) in [7, 11) is 0. The Bertz CT molecular complexity index is 252. The van der Waals surface area contributed by atoms with Crippen molar-refractivity contribution < 1.29 is 4.74 Å². The maximum Gasteiger partial charge on any atom is 0.108 e. The molecule has 1 rings (SSSR count). The lowest BCUT2D eigenvalue weighted by molar-refractivity contribution is -0.0568. The summed E-state index contributed by atoms with van der Waals surface area (Å²) in [5.41, 5.74) is 0. The van der Waals surface area contributed by atoms with Gasteiger partial charge in [-0.3, -0.25) is 4.90 Å². The molecule has 0 radical (unpaired) electrons. The molecular formula is C13H25N3O. The van der Waals surface area contributed by atoms with Crippen molar-refractivity contribution in [3.05, 3.63) is 0 Å². The molecule has 1 saturated heterocycles. The SMILES string of the molecule is CCCNC(C#N)CN1CC(C)OCC1CC. The zero-order valence-corrected chi connectivity index (χ0v) is 11.3. The summed E-state index contributed by atoms with van der Waals surface area (Å²) < 4.78 is 5.66. The van der Waals surface area contributed by atoms with Gasteiger partial charge in [-0.15, -0.1) is 0 Å². The summed E-state index contributed by atoms with van der Waals surface area (Å²) in [6.45, 7) is 9.84. The van der Waals surface area contributed by atoms with Crippen LogP contribution in [0.1, 0.15) is 33.6 Å². The Labute approximate surface area is 105 Å². The molecule has 4 heteroatoms. The molecule has 0 amide bonds. The topological polar surface area (TPSA) is 48.3 Å². The second-order valence-corrected chi connectivity index (χ2v) is 4.80. The molecular weight excluding hydrogens is 214 g/mol. The van der Waals surface area contributed by atoms with Gasteiger partial charge in [0.25, 0.3) is 0 Å². The molecule has 4 nitrogen and oxygen atoms in total. The van der Waals surface area contributed by atoms with E-state index >= 15 is 0 Å². The molecule has 0 aromatic carbocycles. The number of morpholine rings is 1. The first kappa shape index (κ1) is 14.4. The summed E-state index contributed by atoms with van der Waals surface area (Å²) in [6, 6.07) is 2.75. The van der Waals surface area contributed by atoms with Gasteiger partial charge in [-0.1, -0.05) is 13.8 Å². The van der Waals surface area contributed by atoms with Crippen LogP contribution in [-0.2, 0) is 4.74 Å². The highest BCUT2D eigenvalue weighted by atomic mass is 16.5. The maximum absolute atomic E-state index is 9.14. The Balaban J connectivity index is 2.47. The quantitative estimate of drug-likeness (QED) is 0.760. The third kappa shape index (κ3) is 4.63. The van der Waals surface area contributed by atoms with Gasteiger partial charge in [0.15, 0.2) is 0 Å². The van der Waals surface area contributed by atoms with E-state index in [1.807, 2.05) is 0 Å². The van der Waals surface area contributed by atoms with Gasteiger partial charge in [-0.2, -0.15) is 5.26 Å². The average molecular weight is 239 g/mol. The van der Waals surface area contributed by atoms with Crippen LogP contribution < -0.4 is 5.32 Å². The Kier molecular flexibility index (Phi) is 6.49. The zero-order chi connectivity index (χ0) is 12.7. The molecule has 17 heavy (non-hydrogen) atoms. The Morgan fingerprint density at radius 3 is 2.88 bits per heavy atom. The summed E-state index contributed by atoms with van der Waals surface area (Å²) >= 11 is 0. The van der Waals surface area contributed by atoms with E-state index in [4.69, 9.17) is 10.00 Å². The molecule has 0 aliphatic carbocycles. The first-order valence-corrected chi connectivity index (χ1v) is 6.69. The number of nitrogens with one attached hydrogen (secondary N) is 1. The molecule has 0 aromatic rings. The summed E-state index contributed by atoms with van der Waals surface area (Å²) in [5, 5.41) is 12.4. The fourth-order valence-corrected chi connectivity index (χ4v) is 2.22. The standard InChI is InChI=1S/C13H25N3O/c1-4-6-15-12(7-14)9-16-8-11(3)17-10-13(16)5-2/h11-13,15H,4-6,8-10H2,1-3H3. The molecule has 1 aliphatic rings. The molecule has 0 spiro atoms. The van der Waals surface area contributed by atoms with Crippen molar-refractivity contribution in [3.8, 4) is 6.07 Å². The number of nitrogens with zero attached hydrogens (tertiary/aromatic N) is 2. The fourth-order valence-electron chi connectivity index (χ4n) is 2.22. The number of hydrogen-bond acceptors (Lipinski definition) is 4. The van der Waals surface area contributed by atoms with Crippen LogP contribution in [0.15, 0.2) is 0 Å². The van der Waals surface area contributed by atoms with Crippen LogP contribution in [0.5, 0.6) is 0 Å². The van der Waals surface area contributed by atoms with Crippen LogP contribution in [0, 0.1) is 11.3 Å². The number of hydrogen-bond donors (Lipinski definition) is 1. The highest BCUT2D eigenvalue weighted by molar-refractivity contribution is 4.94. The molecule has 1 N–H and O–H groups in total. The number of nitriles is 1. The highest BCUT2D eigenvalue weighted by Gasteiger charge is 2.27. The molecule has 1 fully saturated rings. The highest BCUT2D eigenvalue weighted by Crippen LogP contribution is 2.14. The van der Waals surface area contributed by atoms with Crippen molar-refractivity contribution in [1.82, 2.24) is 10.2 Å². The van der Waals surface area contributed by atoms with Crippen LogP contribution in [0.25, 0.3) is 0 Å². The number of rotatable bonds is 6. The van der Waals surface area contributed by atoms with Gasteiger partial charge in [0.05, 0.1) is 18.8 Å². The van der Waals surface area contributed by atoms with Crippen LogP contribution >= 0.6 is 0 Å². The van der Waals surface area contributed by atoms with Crippen LogP contribution in [0.2, 0.25) is 0 Å². The maximum atomic E-state index is 9.14. The Morgan fingerprint density at radius 1 is 1.53 bits per heavy atom. The molecule has 0 aromatic heterocycles. The minimum absolute atomic E-state index is 0.0608. The lowest BCUT2D eigenvalue weighted by Gasteiger charge is -2.39. The number of ether oxygens (including phenoxy) is 1. The van der Waals surface area contributed by atoms with E-state index in [1.54, 1.807) is 0 Å². The fraction of sp³-hybridized carbons (Fsp3) is 0.923. The van der Waals surface area contributed by atoms with Gasteiger partial charge < -0.3 is 10.1 Å². The van der Waals surface area contributed by atoms with Crippen molar-refractivity contribution >= 4 is 0 Å².